The zero-order chi connectivity index (χ0) is 12.3. The molecular weight excluding hydrogens is 229 g/mol. The van der Waals surface area contributed by atoms with Crippen molar-refractivity contribution in [3.63, 3.8) is 0 Å². The van der Waals surface area contributed by atoms with E-state index in [4.69, 9.17) is 9.52 Å². The minimum atomic E-state index is -4.41. The van der Waals surface area contributed by atoms with E-state index in [1.165, 1.54) is 6.92 Å². The Balaban J connectivity index is 2.56. The van der Waals surface area contributed by atoms with Crippen molar-refractivity contribution in [1.82, 2.24) is 0 Å². The third kappa shape index (κ3) is 3.58. The zero-order valence-electron chi connectivity index (χ0n) is 8.30. The number of furan rings is 1. The molecule has 0 fully saturated rings. The Bertz CT molecular complexity index is 381. The van der Waals surface area contributed by atoms with E-state index in [2.05, 4.69) is 4.74 Å². The van der Waals surface area contributed by atoms with Gasteiger partial charge >= 0.3 is 12.1 Å². The first kappa shape index (κ1) is 12.6. The molecule has 7 heteroatoms. The standard InChI is InChI=1S/C9H9F3O4/c1-5-7(8(13)14)2-6(16-5)3-15-4-9(10,11)12/h2H,3-4H2,1H3,(H,13,14). The van der Waals surface area contributed by atoms with Crippen molar-refractivity contribution in [3.8, 4) is 0 Å². The van der Waals surface area contributed by atoms with Gasteiger partial charge in [-0.1, -0.05) is 0 Å². The number of rotatable bonds is 4. The van der Waals surface area contributed by atoms with E-state index in [1.54, 1.807) is 0 Å². The predicted octanol–water partition coefficient (Wildman–Crippen LogP) is 2.37. The average Bonchev–Trinajstić information content (AvgIpc) is 2.44. The predicted molar refractivity (Wildman–Crippen MR) is 46.1 cm³/mol. The van der Waals surface area contributed by atoms with Crippen molar-refractivity contribution in [3.05, 3.63) is 23.2 Å². The van der Waals surface area contributed by atoms with Crippen molar-refractivity contribution in [2.75, 3.05) is 6.61 Å². The second-order valence-electron chi connectivity index (χ2n) is 3.10. The maximum atomic E-state index is 11.7. The van der Waals surface area contributed by atoms with Gasteiger partial charge in [0.1, 0.15) is 30.3 Å². The maximum Gasteiger partial charge on any atom is 0.411 e. The second-order valence-corrected chi connectivity index (χ2v) is 3.10. The number of hydrogen-bond acceptors (Lipinski definition) is 3. The van der Waals surface area contributed by atoms with Gasteiger partial charge in [-0.15, -0.1) is 0 Å². The van der Waals surface area contributed by atoms with Crippen LogP contribution in [0.25, 0.3) is 0 Å². The molecule has 1 heterocycles. The van der Waals surface area contributed by atoms with Gasteiger partial charge in [0.15, 0.2) is 0 Å². The topological polar surface area (TPSA) is 59.7 Å². The van der Waals surface area contributed by atoms with E-state index in [9.17, 15) is 18.0 Å². The van der Waals surface area contributed by atoms with Crippen molar-refractivity contribution in [1.29, 1.82) is 0 Å². The summed E-state index contributed by atoms with van der Waals surface area (Å²) in [6, 6.07) is 1.15. The second kappa shape index (κ2) is 4.56. The highest BCUT2D eigenvalue weighted by Gasteiger charge is 2.27. The van der Waals surface area contributed by atoms with Gasteiger partial charge in [-0.3, -0.25) is 0 Å². The molecule has 0 aliphatic rings. The number of halogens is 3. The Kier molecular flexibility index (Phi) is 3.58. The molecule has 0 radical (unpaired) electrons. The van der Waals surface area contributed by atoms with Gasteiger partial charge in [-0.2, -0.15) is 13.2 Å². The van der Waals surface area contributed by atoms with Crippen LogP contribution in [0.15, 0.2) is 10.5 Å². The lowest BCUT2D eigenvalue weighted by Gasteiger charge is -2.05. The number of ether oxygens (including phenoxy) is 1. The molecule has 0 aliphatic heterocycles. The molecule has 90 valence electrons. The molecule has 0 aliphatic carbocycles. The summed E-state index contributed by atoms with van der Waals surface area (Å²) >= 11 is 0. The molecule has 0 aromatic carbocycles. The summed E-state index contributed by atoms with van der Waals surface area (Å²) in [6.07, 6.45) is -4.41. The number of carbonyl (C=O) groups is 1. The highest BCUT2D eigenvalue weighted by molar-refractivity contribution is 5.88. The van der Waals surface area contributed by atoms with E-state index in [0.29, 0.717) is 0 Å². The molecule has 0 amide bonds. The summed E-state index contributed by atoms with van der Waals surface area (Å²) in [5, 5.41) is 8.65. The monoisotopic (exact) mass is 238 g/mol. The van der Waals surface area contributed by atoms with Crippen LogP contribution >= 0.6 is 0 Å². The molecule has 1 rings (SSSR count). The Morgan fingerprint density at radius 3 is 2.62 bits per heavy atom. The molecular formula is C9H9F3O4. The fourth-order valence-corrected chi connectivity index (χ4v) is 1.09. The molecule has 1 aromatic rings. The minimum absolute atomic E-state index is 0.0548. The molecule has 4 nitrogen and oxygen atoms in total. The van der Waals surface area contributed by atoms with Crippen LogP contribution in [0.2, 0.25) is 0 Å². The largest absolute Gasteiger partial charge is 0.478 e. The number of carboxylic acids is 1. The first-order chi connectivity index (χ1) is 7.29. The minimum Gasteiger partial charge on any atom is -0.478 e. The molecule has 0 unspecified atom stereocenters. The molecule has 0 spiro atoms. The molecule has 1 N–H and O–H groups in total. The first-order valence-electron chi connectivity index (χ1n) is 4.26. The Morgan fingerprint density at radius 1 is 1.56 bits per heavy atom. The van der Waals surface area contributed by atoms with E-state index >= 15 is 0 Å². The fraction of sp³-hybridized carbons (Fsp3) is 0.444. The molecule has 0 bridgehead atoms. The highest BCUT2D eigenvalue weighted by atomic mass is 19.4. The van der Waals surface area contributed by atoms with Crippen LogP contribution < -0.4 is 0 Å². The number of hydrogen-bond donors (Lipinski definition) is 1. The van der Waals surface area contributed by atoms with Crippen LogP contribution in [0.1, 0.15) is 21.9 Å². The number of carboxylic acid groups (broad SMARTS) is 1. The van der Waals surface area contributed by atoms with Crippen molar-refractivity contribution in [2.45, 2.75) is 19.7 Å². The summed E-state index contributed by atoms with van der Waals surface area (Å²) < 4.78 is 44.4. The third-order valence-corrected chi connectivity index (χ3v) is 1.71. The van der Waals surface area contributed by atoms with Crippen LogP contribution in [0, 0.1) is 6.92 Å². The van der Waals surface area contributed by atoms with Gasteiger partial charge in [0, 0.05) is 0 Å². The lowest BCUT2D eigenvalue weighted by Crippen LogP contribution is -2.16. The van der Waals surface area contributed by atoms with E-state index < -0.39 is 25.4 Å². The molecule has 0 saturated carbocycles. The first-order valence-corrected chi connectivity index (χ1v) is 4.26. The van der Waals surface area contributed by atoms with Gasteiger partial charge in [0.05, 0.1) is 0 Å². The Morgan fingerprint density at radius 2 is 2.19 bits per heavy atom. The molecule has 1 aromatic heterocycles. The zero-order valence-corrected chi connectivity index (χ0v) is 8.30. The maximum absolute atomic E-state index is 11.7. The summed E-state index contributed by atoms with van der Waals surface area (Å²) in [4.78, 5) is 10.6. The van der Waals surface area contributed by atoms with Gasteiger partial charge in [0.25, 0.3) is 0 Å². The Hall–Kier alpha value is -1.50. The molecule has 16 heavy (non-hydrogen) atoms. The van der Waals surface area contributed by atoms with Crippen molar-refractivity contribution < 1.29 is 32.2 Å². The van der Waals surface area contributed by atoms with E-state index in [1.807, 2.05) is 0 Å². The lowest BCUT2D eigenvalue weighted by molar-refractivity contribution is -0.177. The van der Waals surface area contributed by atoms with E-state index in [0.717, 1.165) is 6.07 Å². The average molecular weight is 238 g/mol. The smallest absolute Gasteiger partial charge is 0.411 e. The fourth-order valence-electron chi connectivity index (χ4n) is 1.09. The highest BCUT2D eigenvalue weighted by Crippen LogP contribution is 2.18. The lowest BCUT2D eigenvalue weighted by atomic mass is 10.2. The third-order valence-electron chi connectivity index (χ3n) is 1.71. The van der Waals surface area contributed by atoms with Gasteiger partial charge < -0.3 is 14.3 Å². The Labute approximate surface area is 88.6 Å². The van der Waals surface area contributed by atoms with Crippen LogP contribution in [0.3, 0.4) is 0 Å². The van der Waals surface area contributed by atoms with Gasteiger partial charge in [0.2, 0.25) is 0 Å². The normalized spacial score (nSPS) is 11.8. The number of aryl methyl sites for hydroxylation is 1. The summed E-state index contributed by atoms with van der Waals surface area (Å²) in [6.45, 7) is -0.389. The number of aromatic carboxylic acids is 1. The van der Waals surface area contributed by atoms with Crippen LogP contribution in [0.4, 0.5) is 13.2 Å². The quantitative estimate of drug-likeness (QED) is 0.874. The SMILES string of the molecule is Cc1oc(COCC(F)(F)F)cc1C(=O)O. The van der Waals surface area contributed by atoms with Gasteiger partial charge in [-0.25, -0.2) is 4.79 Å². The summed E-state index contributed by atoms with van der Waals surface area (Å²) in [5.74, 6) is -0.999. The summed E-state index contributed by atoms with van der Waals surface area (Å²) in [5.41, 5.74) is -0.0781. The molecule has 0 saturated heterocycles. The number of alkyl halides is 3. The van der Waals surface area contributed by atoms with Crippen molar-refractivity contribution >= 4 is 5.97 Å². The van der Waals surface area contributed by atoms with Crippen LogP contribution in [-0.4, -0.2) is 23.9 Å². The molecule has 0 atom stereocenters. The van der Waals surface area contributed by atoms with Gasteiger partial charge in [-0.05, 0) is 13.0 Å². The summed E-state index contributed by atoms with van der Waals surface area (Å²) in [7, 11) is 0. The van der Waals surface area contributed by atoms with E-state index in [-0.39, 0.29) is 17.1 Å². The van der Waals surface area contributed by atoms with Crippen LogP contribution in [-0.2, 0) is 11.3 Å². The van der Waals surface area contributed by atoms with Crippen LogP contribution in [0.5, 0.6) is 0 Å². The van der Waals surface area contributed by atoms with Crippen molar-refractivity contribution in [2.24, 2.45) is 0 Å².